The maximum atomic E-state index is 7.01. The molecule has 170 valence electrons. The summed E-state index contributed by atoms with van der Waals surface area (Å²) in [6.45, 7) is 17.0. The van der Waals surface area contributed by atoms with Crippen molar-refractivity contribution in [3.63, 3.8) is 0 Å². The van der Waals surface area contributed by atoms with E-state index < -0.39 is 0 Å². The van der Waals surface area contributed by atoms with Crippen LogP contribution in [-0.2, 0) is 11.3 Å². The van der Waals surface area contributed by atoms with Gasteiger partial charge in [0.1, 0.15) is 24.2 Å². The zero-order valence-corrected chi connectivity index (χ0v) is 21.6. The summed E-state index contributed by atoms with van der Waals surface area (Å²) in [7, 11) is 0. The van der Waals surface area contributed by atoms with Gasteiger partial charge < -0.3 is 26.2 Å². The van der Waals surface area contributed by atoms with E-state index in [-0.39, 0.29) is 22.6 Å². The van der Waals surface area contributed by atoms with Gasteiger partial charge in [0.05, 0.1) is 6.54 Å². The largest absolute Gasteiger partial charge is 1.00 e. The maximum absolute atomic E-state index is 7.01. The second kappa shape index (κ2) is 9.24. The zero-order chi connectivity index (χ0) is 20.7. The summed E-state index contributed by atoms with van der Waals surface area (Å²) in [6, 6.07) is 11.3. The molecule has 0 bridgehead atoms. The summed E-state index contributed by atoms with van der Waals surface area (Å²) in [5, 5.41) is 0. The van der Waals surface area contributed by atoms with E-state index in [1.165, 1.54) is 68.2 Å². The molecule has 0 spiro atoms. The van der Waals surface area contributed by atoms with Gasteiger partial charge >= 0.3 is 0 Å². The predicted molar refractivity (Wildman–Crippen MR) is 122 cm³/mol. The summed E-state index contributed by atoms with van der Waals surface area (Å²) in [6.07, 6.45) is 7.96. The Morgan fingerprint density at radius 2 is 1.83 bits per heavy atom. The van der Waals surface area contributed by atoms with Crippen LogP contribution in [0.25, 0.3) is 0 Å². The topological polar surface area (TPSA) is 9.23 Å². The van der Waals surface area contributed by atoms with Crippen molar-refractivity contribution in [2.45, 2.75) is 90.8 Å². The van der Waals surface area contributed by atoms with Crippen LogP contribution >= 0.6 is 0 Å². The Balaban J connectivity index is 0.00000256. The lowest BCUT2D eigenvalue weighted by atomic mass is 9.72. The molecule has 2 saturated heterocycles. The molecule has 4 rings (SSSR count). The molecule has 3 fully saturated rings. The number of hydrogen-bond acceptors (Lipinski definition) is 1. The maximum Gasteiger partial charge on any atom is 0.128 e. The lowest BCUT2D eigenvalue weighted by molar-refractivity contribution is -0.968. The molecule has 1 aromatic rings. The van der Waals surface area contributed by atoms with Gasteiger partial charge in [-0.25, -0.2) is 0 Å². The monoisotopic (exact) mass is 477 g/mol. The fraction of sp³-hybridized carbons (Fsp3) is 0.778. The third-order valence-electron chi connectivity index (χ3n) is 9.38. The third-order valence-corrected chi connectivity index (χ3v) is 9.38. The summed E-state index contributed by atoms with van der Waals surface area (Å²) < 4.78 is 8.28. The van der Waals surface area contributed by atoms with Crippen molar-refractivity contribution < 1.29 is 26.2 Å². The number of halogens is 1. The van der Waals surface area contributed by atoms with E-state index in [1.54, 1.807) is 0 Å². The van der Waals surface area contributed by atoms with E-state index in [2.05, 4.69) is 65.0 Å². The van der Waals surface area contributed by atoms with Crippen LogP contribution < -0.4 is 17.0 Å². The SMILES string of the molecule is CCCCCCO[C@]1(C(C)C)C[N@+]2(Cc3ccccc3)C[C@@H](C)[C@@H]3CC[C@H]1[C@@]32C.[Br-]. The Labute approximate surface area is 196 Å². The quantitative estimate of drug-likeness (QED) is 0.390. The minimum Gasteiger partial charge on any atom is -1.00 e. The minimum absolute atomic E-state index is 0. The van der Waals surface area contributed by atoms with E-state index in [0.29, 0.717) is 17.4 Å². The van der Waals surface area contributed by atoms with Crippen LogP contribution in [0.3, 0.4) is 0 Å². The normalized spacial score (nSPS) is 39.3. The summed E-state index contributed by atoms with van der Waals surface area (Å²) in [4.78, 5) is 0. The van der Waals surface area contributed by atoms with E-state index in [0.717, 1.165) is 18.4 Å². The minimum atomic E-state index is 0. The van der Waals surface area contributed by atoms with Crippen molar-refractivity contribution in [2.24, 2.45) is 23.7 Å². The van der Waals surface area contributed by atoms with E-state index >= 15 is 0 Å². The standard InChI is InChI=1S/C27H44NO.BrH/c1-6-7-8-12-17-29-27(21(2)3)20-28(19-23-13-10-9-11-14-23)18-22(4)24-15-16-25(27)26(24,28)5;/h9-11,13-14,21-22,24-25H,6-8,12,15-20H2,1-5H3;1H/q+1;/p-1/t22-,24+,25+,26-,27+,28-;/m1./s1. The Kier molecular flexibility index (Phi) is 7.47. The highest BCUT2D eigenvalue weighted by molar-refractivity contribution is 5.19. The number of hydrogen-bond donors (Lipinski definition) is 0. The molecule has 0 radical (unpaired) electrons. The number of nitrogens with zero attached hydrogens (tertiary/aromatic N) is 1. The highest BCUT2D eigenvalue weighted by Gasteiger charge is 2.78. The van der Waals surface area contributed by atoms with Gasteiger partial charge in [0.15, 0.2) is 0 Å². The van der Waals surface area contributed by atoms with Crippen LogP contribution in [0.4, 0.5) is 0 Å². The number of unbranched alkanes of at least 4 members (excludes halogenated alkanes) is 3. The lowest BCUT2D eigenvalue weighted by Crippen LogP contribution is -3.00. The summed E-state index contributed by atoms with van der Waals surface area (Å²) >= 11 is 0. The molecule has 3 heteroatoms. The number of ether oxygens (including phenoxy) is 1. The van der Waals surface area contributed by atoms with E-state index in [4.69, 9.17) is 4.74 Å². The van der Waals surface area contributed by atoms with Crippen molar-refractivity contribution in [1.82, 2.24) is 0 Å². The molecule has 6 atom stereocenters. The first-order chi connectivity index (χ1) is 13.9. The highest BCUT2D eigenvalue weighted by Crippen LogP contribution is 2.67. The van der Waals surface area contributed by atoms with Gasteiger partial charge in [0.2, 0.25) is 0 Å². The molecular weight excluding hydrogens is 434 g/mol. The molecule has 1 aliphatic carbocycles. The van der Waals surface area contributed by atoms with Crippen molar-refractivity contribution in [1.29, 1.82) is 0 Å². The highest BCUT2D eigenvalue weighted by atomic mass is 79.9. The molecular formula is C27H44BrNO. The average molecular weight is 479 g/mol. The van der Waals surface area contributed by atoms with Gasteiger partial charge in [0.25, 0.3) is 0 Å². The fourth-order valence-corrected chi connectivity index (χ4v) is 8.08. The van der Waals surface area contributed by atoms with Gasteiger partial charge in [-0.05, 0) is 32.1 Å². The molecule has 2 heterocycles. The van der Waals surface area contributed by atoms with Gasteiger partial charge in [0, 0.05) is 29.9 Å². The zero-order valence-electron chi connectivity index (χ0n) is 20.0. The van der Waals surface area contributed by atoms with Crippen molar-refractivity contribution >= 4 is 0 Å². The molecule has 2 aliphatic heterocycles. The first-order valence-corrected chi connectivity index (χ1v) is 12.4. The number of benzene rings is 1. The van der Waals surface area contributed by atoms with Crippen molar-refractivity contribution in [3.8, 4) is 0 Å². The van der Waals surface area contributed by atoms with Gasteiger partial charge in [-0.3, -0.25) is 0 Å². The molecule has 0 unspecified atom stereocenters. The van der Waals surface area contributed by atoms with Crippen LogP contribution in [0, 0.1) is 23.7 Å². The first-order valence-electron chi connectivity index (χ1n) is 12.4. The van der Waals surface area contributed by atoms with Gasteiger partial charge in [-0.15, -0.1) is 0 Å². The second-order valence-corrected chi connectivity index (χ2v) is 11.1. The van der Waals surface area contributed by atoms with Gasteiger partial charge in [-0.1, -0.05) is 77.3 Å². The number of rotatable bonds is 9. The molecule has 0 amide bonds. The molecule has 0 aromatic heterocycles. The van der Waals surface area contributed by atoms with Crippen LogP contribution in [0.1, 0.15) is 78.7 Å². The summed E-state index contributed by atoms with van der Waals surface area (Å²) in [5.41, 5.74) is 1.95. The Morgan fingerprint density at radius 1 is 1.10 bits per heavy atom. The molecule has 2 nitrogen and oxygen atoms in total. The molecule has 0 N–H and O–H groups in total. The van der Waals surface area contributed by atoms with Crippen LogP contribution in [0.2, 0.25) is 0 Å². The van der Waals surface area contributed by atoms with Crippen LogP contribution in [-0.4, -0.2) is 35.3 Å². The smallest absolute Gasteiger partial charge is 0.128 e. The Morgan fingerprint density at radius 3 is 2.50 bits per heavy atom. The molecule has 3 aliphatic rings. The van der Waals surface area contributed by atoms with Crippen LogP contribution in [0.5, 0.6) is 0 Å². The fourth-order valence-electron chi connectivity index (χ4n) is 8.08. The van der Waals surface area contributed by atoms with Crippen LogP contribution in [0.15, 0.2) is 30.3 Å². The first kappa shape index (κ1) is 24.3. The van der Waals surface area contributed by atoms with E-state index in [1.807, 2.05) is 0 Å². The number of quaternary nitrogens is 1. The molecule has 30 heavy (non-hydrogen) atoms. The second-order valence-electron chi connectivity index (χ2n) is 11.1. The Bertz CT molecular complexity index is 693. The van der Waals surface area contributed by atoms with Crippen molar-refractivity contribution in [2.75, 3.05) is 19.7 Å². The van der Waals surface area contributed by atoms with Gasteiger partial charge in [-0.2, -0.15) is 0 Å². The molecule has 1 saturated carbocycles. The average Bonchev–Trinajstić information content (AvgIpc) is 3.23. The molecule has 1 aromatic carbocycles. The lowest BCUT2D eigenvalue weighted by Gasteiger charge is -2.43. The van der Waals surface area contributed by atoms with E-state index in [9.17, 15) is 0 Å². The van der Waals surface area contributed by atoms with Crippen molar-refractivity contribution in [3.05, 3.63) is 35.9 Å². The Hall–Kier alpha value is -0.380. The summed E-state index contributed by atoms with van der Waals surface area (Å²) in [5.74, 6) is 2.99. The predicted octanol–water partition coefficient (Wildman–Crippen LogP) is 3.45. The third kappa shape index (κ3) is 3.61.